The van der Waals surface area contributed by atoms with E-state index in [1.54, 1.807) is 32.9 Å². The minimum atomic E-state index is -3.95. The van der Waals surface area contributed by atoms with Crippen LogP contribution in [0.3, 0.4) is 0 Å². The number of nitrogens with zero attached hydrogens (tertiary/aromatic N) is 2. The first kappa shape index (κ1) is 25.9. The van der Waals surface area contributed by atoms with E-state index in [0.29, 0.717) is 18.8 Å². The molecule has 0 saturated heterocycles. The van der Waals surface area contributed by atoms with Crippen molar-refractivity contribution in [2.24, 2.45) is 0 Å². The molecular formula is C21H33N5O4S2. The molecule has 2 aromatic carbocycles. The van der Waals surface area contributed by atoms with Crippen molar-refractivity contribution in [1.82, 2.24) is 9.73 Å². The van der Waals surface area contributed by atoms with Crippen molar-refractivity contribution in [3.63, 3.8) is 0 Å². The molecule has 0 saturated carbocycles. The monoisotopic (exact) mass is 483 g/mol. The Kier molecular flexibility index (Phi) is 8.16. The number of sulfonamides is 1. The van der Waals surface area contributed by atoms with E-state index < -0.39 is 25.8 Å². The lowest BCUT2D eigenvalue weighted by molar-refractivity contribution is 0.309. The zero-order valence-electron chi connectivity index (χ0n) is 19.4. The zero-order valence-corrected chi connectivity index (χ0v) is 21.0. The lowest BCUT2D eigenvalue weighted by Gasteiger charge is -2.36. The first-order valence-corrected chi connectivity index (χ1v) is 13.7. The van der Waals surface area contributed by atoms with Gasteiger partial charge in [-0.05, 0) is 51.1 Å². The molecule has 0 atom stereocenters. The summed E-state index contributed by atoms with van der Waals surface area (Å²) in [4.78, 5) is 0. The quantitative estimate of drug-likeness (QED) is 0.446. The highest BCUT2D eigenvalue weighted by Gasteiger charge is 2.25. The summed E-state index contributed by atoms with van der Waals surface area (Å²) < 4.78 is 56.7. The summed E-state index contributed by atoms with van der Waals surface area (Å²) >= 11 is 0. The number of para-hydroxylation sites is 1. The average molecular weight is 484 g/mol. The Labute approximate surface area is 192 Å². The van der Waals surface area contributed by atoms with Crippen LogP contribution >= 0.6 is 0 Å². The van der Waals surface area contributed by atoms with E-state index in [1.165, 1.54) is 6.07 Å². The molecular weight excluding hydrogens is 450 g/mol. The summed E-state index contributed by atoms with van der Waals surface area (Å²) in [6.45, 7) is 10.6. The van der Waals surface area contributed by atoms with Crippen molar-refractivity contribution in [1.29, 1.82) is 0 Å². The summed E-state index contributed by atoms with van der Waals surface area (Å²) in [5, 5.41) is 3.96. The van der Waals surface area contributed by atoms with Crippen LogP contribution in [0.1, 0.15) is 34.6 Å². The van der Waals surface area contributed by atoms with E-state index in [1.807, 2.05) is 54.2 Å². The standard InChI is InChI=1S/C21H33N5O4S2/c1-7-25(8-2)26(18-12-10-9-11-13-18)20-15-14-17(22-31(6,27)28)16-19(20)23-32(29,30)24-21(3,4)5/h9-16,22-24H,7-8H2,1-6H3. The summed E-state index contributed by atoms with van der Waals surface area (Å²) in [6, 6.07) is 14.3. The summed E-state index contributed by atoms with van der Waals surface area (Å²) in [6.07, 6.45) is 1.04. The zero-order chi connectivity index (χ0) is 24.2. The molecule has 32 heavy (non-hydrogen) atoms. The molecule has 3 N–H and O–H groups in total. The number of anilines is 4. The van der Waals surface area contributed by atoms with Crippen LogP contribution < -0.4 is 19.2 Å². The Hall–Kier alpha value is -2.34. The SMILES string of the molecule is CCN(CC)N(c1ccccc1)c1ccc(NS(C)(=O)=O)cc1NS(=O)(=O)NC(C)(C)C. The van der Waals surface area contributed by atoms with Gasteiger partial charge in [0, 0.05) is 18.6 Å². The number of rotatable bonds is 10. The molecule has 0 amide bonds. The van der Waals surface area contributed by atoms with Gasteiger partial charge in [0.25, 0.3) is 10.2 Å². The molecule has 0 fully saturated rings. The fraction of sp³-hybridized carbons (Fsp3) is 0.429. The predicted octanol–water partition coefficient (Wildman–Crippen LogP) is 3.50. The van der Waals surface area contributed by atoms with Crippen molar-refractivity contribution >= 4 is 43.0 Å². The number of nitrogens with one attached hydrogen (secondary N) is 3. The van der Waals surface area contributed by atoms with Crippen LogP contribution in [-0.2, 0) is 20.2 Å². The van der Waals surface area contributed by atoms with Crippen LogP contribution in [0, 0.1) is 0 Å². The molecule has 0 unspecified atom stereocenters. The second-order valence-corrected chi connectivity index (χ2v) is 11.5. The van der Waals surface area contributed by atoms with Crippen molar-refractivity contribution in [2.75, 3.05) is 33.8 Å². The lowest BCUT2D eigenvalue weighted by Crippen LogP contribution is -2.44. The van der Waals surface area contributed by atoms with Gasteiger partial charge in [0.05, 0.1) is 29.0 Å². The van der Waals surface area contributed by atoms with E-state index in [0.717, 1.165) is 11.9 Å². The van der Waals surface area contributed by atoms with E-state index in [2.05, 4.69) is 14.2 Å². The van der Waals surface area contributed by atoms with Gasteiger partial charge in [0.15, 0.2) is 0 Å². The molecule has 178 valence electrons. The highest BCUT2D eigenvalue weighted by Crippen LogP contribution is 2.36. The van der Waals surface area contributed by atoms with Gasteiger partial charge in [-0.1, -0.05) is 32.0 Å². The van der Waals surface area contributed by atoms with Crippen LogP contribution in [-0.4, -0.2) is 46.7 Å². The first-order valence-electron chi connectivity index (χ1n) is 10.3. The summed E-state index contributed by atoms with van der Waals surface area (Å²) in [5.41, 5.74) is 1.16. The topological polar surface area (TPSA) is 111 Å². The number of benzene rings is 2. The van der Waals surface area contributed by atoms with E-state index in [9.17, 15) is 16.8 Å². The van der Waals surface area contributed by atoms with Gasteiger partial charge in [-0.15, -0.1) is 0 Å². The largest absolute Gasteiger partial charge is 0.299 e. The van der Waals surface area contributed by atoms with Gasteiger partial charge in [0.1, 0.15) is 0 Å². The minimum Gasteiger partial charge on any atom is -0.284 e. The molecule has 0 bridgehead atoms. The minimum absolute atomic E-state index is 0.228. The third-order valence-electron chi connectivity index (χ3n) is 4.23. The second-order valence-electron chi connectivity index (χ2n) is 8.35. The second kappa shape index (κ2) is 10.1. The van der Waals surface area contributed by atoms with Gasteiger partial charge >= 0.3 is 0 Å². The van der Waals surface area contributed by atoms with Crippen molar-refractivity contribution in [3.05, 3.63) is 48.5 Å². The highest BCUT2D eigenvalue weighted by atomic mass is 32.2. The predicted molar refractivity (Wildman–Crippen MR) is 132 cm³/mol. The average Bonchev–Trinajstić information content (AvgIpc) is 2.64. The maximum absolute atomic E-state index is 12.8. The van der Waals surface area contributed by atoms with E-state index in [-0.39, 0.29) is 11.4 Å². The van der Waals surface area contributed by atoms with Crippen LogP contribution in [0.5, 0.6) is 0 Å². The maximum atomic E-state index is 12.8. The van der Waals surface area contributed by atoms with Gasteiger partial charge in [-0.25, -0.2) is 13.4 Å². The van der Waals surface area contributed by atoms with Crippen molar-refractivity contribution < 1.29 is 16.8 Å². The Morgan fingerprint density at radius 2 is 1.47 bits per heavy atom. The molecule has 0 aliphatic carbocycles. The maximum Gasteiger partial charge on any atom is 0.299 e. The molecule has 9 nitrogen and oxygen atoms in total. The van der Waals surface area contributed by atoms with Crippen molar-refractivity contribution in [3.8, 4) is 0 Å². The summed E-state index contributed by atoms with van der Waals surface area (Å²) in [5.74, 6) is 0. The fourth-order valence-corrected chi connectivity index (χ4v) is 5.05. The van der Waals surface area contributed by atoms with Crippen molar-refractivity contribution in [2.45, 2.75) is 40.2 Å². The molecule has 0 heterocycles. The van der Waals surface area contributed by atoms with Gasteiger partial charge in [-0.3, -0.25) is 14.5 Å². The van der Waals surface area contributed by atoms with E-state index >= 15 is 0 Å². The van der Waals surface area contributed by atoms with Crippen LogP contribution in [0.2, 0.25) is 0 Å². The molecule has 2 aromatic rings. The fourth-order valence-electron chi connectivity index (χ4n) is 3.18. The Balaban J connectivity index is 2.67. The van der Waals surface area contributed by atoms with Crippen LogP contribution in [0.4, 0.5) is 22.7 Å². The number of hydrogen-bond donors (Lipinski definition) is 3. The first-order chi connectivity index (χ1) is 14.7. The van der Waals surface area contributed by atoms with Crippen LogP contribution in [0.15, 0.2) is 48.5 Å². The number of hydrazine groups is 1. The molecule has 11 heteroatoms. The Bertz CT molecular complexity index is 1110. The smallest absolute Gasteiger partial charge is 0.284 e. The molecule has 0 aromatic heterocycles. The molecule has 0 aliphatic rings. The third-order valence-corrected chi connectivity index (χ3v) is 6.20. The van der Waals surface area contributed by atoms with Crippen LogP contribution in [0.25, 0.3) is 0 Å². The highest BCUT2D eigenvalue weighted by molar-refractivity contribution is 7.92. The van der Waals surface area contributed by atoms with Gasteiger partial charge in [-0.2, -0.15) is 13.1 Å². The molecule has 2 rings (SSSR count). The molecule has 0 aliphatic heterocycles. The molecule has 0 radical (unpaired) electrons. The normalized spacial score (nSPS) is 12.6. The van der Waals surface area contributed by atoms with E-state index in [4.69, 9.17) is 0 Å². The Morgan fingerprint density at radius 1 is 0.875 bits per heavy atom. The molecule has 0 spiro atoms. The van der Waals surface area contributed by atoms with Gasteiger partial charge in [0.2, 0.25) is 10.0 Å². The lowest BCUT2D eigenvalue weighted by atomic mass is 10.1. The number of hydrogen-bond acceptors (Lipinski definition) is 6. The third kappa shape index (κ3) is 7.66. The summed E-state index contributed by atoms with van der Waals surface area (Å²) in [7, 11) is -7.50. The van der Waals surface area contributed by atoms with Gasteiger partial charge < -0.3 is 0 Å². The Morgan fingerprint density at radius 3 is 1.97 bits per heavy atom.